The minimum absolute atomic E-state index is 0.0718. The van der Waals surface area contributed by atoms with E-state index in [1.807, 2.05) is 0 Å². The smallest absolute Gasteiger partial charge is 0.279 e. The van der Waals surface area contributed by atoms with Crippen LogP contribution >= 0.6 is 0 Å². The monoisotopic (exact) mass is 357 g/mol. The number of piperidine rings is 1. The van der Waals surface area contributed by atoms with Gasteiger partial charge in [0.15, 0.2) is 0 Å². The van der Waals surface area contributed by atoms with Crippen LogP contribution in [0.3, 0.4) is 0 Å². The van der Waals surface area contributed by atoms with Crippen LogP contribution in [0.1, 0.15) is 44.9 Å². The van der Waals surface area contributed by atoms with Crippen LogP contribution < -0.4 is 10.4 Å². The minimum atomic E-state index is -3.41. The predicted molar refractivity (Wildman–Crippen MR) is 90.9 cm³/mol. The van der Waals surface area contributed by atoms with Crippen LogP contribution in [0, 0.1) is 5.92 Å². The van der Waals surface area contributed by atoms with Crippen molar-refractivity contribution in [3.8, 4) is 0 Å². The summed E-state index contributed by atoms with van der Waals surface area (Å²) in [5, 5.41) is 4.36. The molecule has 24 heavy (non-hydrogen) atoms. The predicted octanol–water partition coefficient (Wildman–Crippen LogP) is 0.338. The summed E-state index contributed by atoms with van der Waals surface area (Å²) in [6, 6.07) is 0. The van der Waals surface area contributed by atoms with E-state index in [0.29, 0.717) is 38.5 Å². The molecule has 1 fully saturated rings. The van der Waals surface area contributed by atoms with Gasteiger partial charge in [-0.3, -0.25) is 4.57 Å². The second-order valence-corrected chi connectivity index (χ2v) is 8.64. The number of hydrogen-bond acceptors (Lipinski definition) is 4. The van der Waals surface area contributed by atoms with Crippen molar-refractivity contribution in [2.45, 2.75) is 58.5 Å². The van der Waals surface area contributed by atoms with Gasteiger partial charge in [0, 0.05) is 39.1 Å². The first-order valence-electron chi connectivity index (χ1n) is 8.88. The van der Waals surface area contributed by atoms with E-state index >= 15 is 0 Å². The van der Waals surface area contributed by atoms with E-state index in [9.17, 15) is 13.2 Å². The maximum absolute atomic E-state index is 12.3. The van der Waals surface area contributed by atoms with Crippen molar-refractivity contribution in [2.75, 3.05) is 19.6 Å². The molecule has 8 nitrogen and oxygen atoms in total. The number of aromatic nitrogens is 3. The highest BCUT2D eigenvalue weighted by Crippen LogP contribution is 2.17. The Balaban J connectivity index is 1.50. The van der Waals surface area contributed by atoms with Crippen molar-refractivity contribution in [3.05, 3.63) is 16.3 Å². The summed E-state index contributed by atoms with van der Waals surface area (Å²) < 4.78 is 32.0. The molecule has 9 heteroatoms. The van der Waals surface area contributed by atoms with E-state index in [2.05, 4.69) is 16.7 Å². The fourth-order valence-corrected chi connectivity index (χ4v) is 4.89. The van der Waals surface area contributed by atoms with Gasteiger partial charge in [-0.2, -0.15) is 17.8 Å². The zero-order valence-electron chi connectivity index (χ0n) is 14.3. The third-order valence-electron chi connectivity index (χ3n) is 4.82. The van der Waals surface area contributed by atoms with Crippen molar-refractivity contribution in [1.82, 2.24) is 23.4 Å². The first-order valence-corrected chi connectivity index (χ1v) is 10.3. The van der Waals surface area contributed by atoms with Crippen molar-refractivity contribution in [2.24, 2.45) is 5.92 Å². The molecule has 136 valence electrons. The van der Waals surface area contributed by atoms with Gasteiger partial charge < -0.3 is 0 Å². The maximum atomic E-state index is 12.3. The molecule has 0 amide bonds. The first-order chi connectivity index (χ1) is 11.5. The number of nitrogens with zero attached hydrogens (tertiary/aromatic N) is 4. The van der Waals surface area contributed by atoms with E-state index in [1.165, 1.54) is 8.99 Å². The fraction of sp³-hybridized carbons (Fsp3) is 0.867. The Labute approximate surface area is 143 Å². The van der Waals surface area contributed by atoms with Crippen molar-refractivity contribution in [3.63, 3.8) is 0 Å². The standard InChI is InChI=1S/C15H27N5O3S/c1-13-6-4-9-18(12-13)24(22,23)16-8-5-11-20-15(21)19-10-3-2-7-14(19)17-20/h13,16H,2-12H2,1H3. The number of rotatable bonds is 6. The van der Waals surface area contributed by atoms with Crippen molar-refractivity contribution < 1.29 is 8.42 Å². The van der Waals surface area contributed by atoms with Crippen LogP contribution in [-0.2, 0) is 29.7 Å². The molecule has 1 atom stereocenters. The molecule has 1 aromatic heterocycles. The summed E-state index contributed by atoms with van der Waals surface area (Å²) in [4.78, 5) is 12.2. The molecule has 1 N–H and O–H groups in total. The Hall–Kier alpha value is -1.19. The molecule has 0 saturated carbocycles. The lowest BCUT2D eigenvalue weighted by Crippen LogP contribution is -2.45. The Bertz CT molecular complexity index is 724. The molecule has 3 rings (SSSR count). The SMILES string of the molecule is CC1CCCN(S(=O)(=O)NCCCn2nc3n(c2=O)CCCC3)C1. The van der Waals surface area contributed by atoms with Crippen LogP contribution in [0.25, 0.3) is 0 Å². The molecule has 0 spiro atoms. The summed E-state index contributed by atoms with van der Waals surface area (Å²) in [6.07, 6.45) is 5.50. The molecule has 1 unspecified atom stereocenters. The highest BCUT2D eigenvalue weighted by molar-refractivity contribution is 7.87. The topological polar surface area (TPSA) is 89.2 Å². The largest absolute Gasteiger partial charge is 0.345 e. The summed E-state index contributed by atoms with van der Waals surface area (Å²) in [6.45, 7) is 4.76. The fourth-order valence-electron chi connectivity index (χ4n) is 3.48. The first kappa shape index (κ1) is 17.6. The Morgan fingerprint density at radius 1 is 1.25 bits per heavy atom. The highest BCUT2D eigenvalue weighted by Gasteiger charge is 2.26. The van der Waals surface area contributed by atoms with Gasteiger partial charge in [-0.15, -0.1) is 0 Å². The van der Waals surface area contributed by atoms with Gasteiger partial charge in [-0.05, 0) is 38.0 Å². The third-order valence-corrected chi connectivity index (χ3v) is 6.40. The van der Waals surface area contributed by atoms with Gasteiger partial charge in [0.1, 0.15) is 5.82 Å². The quantitative estimate of drug-likeness (QED) is 0.744. The van der Waals surface area contributed by atoms with Crippen LogP contribution in [0.15, 0.2) is 4.79 Å². The molecule has 2 aliphatic heterocycles. The molecular weight excluding hydrogens is 330 g/mol. The average Bonchev–Trinajstić information content (AvgIpc) is 2.88. The lowest BCUT2D eigenvalue weighted by atomic mass is 10.0. The van der Waals surface area contributed by atoms with E-state index in [-0.39, 0.29) is 5.69 Å². The van der Waals surface area contributed by atoms with Crippen molar-refractivity contribution >= 4 is 10.2 Å². The third kappa shape index (κ3) is 3.89. The lowest BCUT2D eigenvalue weighted by Gasteiger charge is -2.29. The number of nitrogens with one attached hydrogen (secondary N) is 1. The second-order valence-electron chi connectivity index (χ2n) is 6.89. The summed E-state index contributed by atoms with van der Waals surface area (Å²) >= 11 is 0. The molecule has 2 aliphatic rings. The van der Waals surface area contributed by atoms with E-state index in [1.54, 1.807) is 4.57 Å². The maximum Gasteiger partial charge on any atom is 0.345 e. The average molecular weight is 357 g/mol. The van der Waals surface area contributed by atoms with Gasteiger partial charge >= 0.3 is 5.69 Å². The normalized spacial score (nSPS) is 22.5. The lowest BCUT2D eigenvalue weighted by molar-refractivity contribution is 0.278. The number of hydrogen-bond donors (Lipinski definition) is 1. The van der Waals surface area contributed by atoms with Crippen molar-refractivity contribution in [1.29, 1.82) is 0 Å². The molecule has 0 bridgehead atoms. The van der Waals surface area contributed by atoms with Gasteiger partial charge in [-0.1, -0.05) is 6.92 Å². The van der Waals surface area contributed by atoms with E-state index in [0.717, 1.165) is 44.5 Å². The molecule has 0 radical (unpaired) electrons. The Kier molecular flexibility index (Phi) is 5.41. The van der Waals surface area contributed by atoms with E-state index < -0.39 is 10.2 Å². The minimum Gasteiger partial charge on any atom is -0.279 e. The van der Waals surface area contributed by atoms with Gasteiger partial charge in [-0.25, -0.2) is 14.2 Å². The molecule has 1 saturated heterocycles. The van der Waals surface area contributed by atoms with E-state index in [4.69, 9.17) is 0 Å². The summed E-state index contributed by atoms with van der Waals surface area (Å²) in [5.74, 6) is 1.26. The number of aryl methyl sites for hydroxylation is 2. The summed E-state index contributed by atoms with van der Waals surface area (Å²) in [5.41, 5.74) is -0.0718. The molecule has 1 aromatic rings. The Morgan fingerprint density at radius 2 is 2.08 bits per heavy atom. The highest BCUT2D eigenvalue weighted by atomic mass is 32.2. The summed E-state index contributed by atoms with van der Waals surface area (Å²) in [7, 11) is -3.41. The zero-order chi connectivity index (χ0) is 17.2. The molecule has 0 aromatic carbocycles. The van der Waals surface area contributed by atoms with Crippen LogP contribution in [-0.4, -0.2) is 46.7 Å². The molecule has 0 aliphatic carbocycles. The van der Waals surface area contributed by atoms with Gasteiger partial charge in [0.2, 0.25) is 0 Å². The second kappa shape index (κ2) is 7.37. The molecular formula is C15H27N5O3S. The molecule has 3 heterocycles. The van der Waals surface area contributed by atoms with Crippen LogP contribution in [0.4, 0.5) is 0 Å². The number of fused-ring (bicyclic) bond motifs is 1. The van der Waals surface area contributed by atoms with Crippen LogP contribution in [0.2, 0.25) is 0 Å². The van der Waals surface area contributed by atoms with Gasteiger partial charge in [0.05, 0.1) is 0 Å². The zero-order valence-corrected chi connectivity index (χ0v) is 15.1. The Morgan fingerprint density at radius 3 is 2.83 bits per heavy atom. The van der Waals surface area contributed by atoms with Gasteiger partial charge in [0.25, 0.3) is 10.2 Å². The van der Waals surface area contributed by atoms with Crippen LogP contribution in [0.5, 0.6) is 0 Å².